The van der Waals surface area contributed by atoms with Crippen LogP contribution in [-0.4, -0.2) is 28.9 Å². The van der Waals surface area contributed by atoms with E-state index in [1.165, 1.54) is 0 Å². The van der Waals surface area contributed by atoms with E-state index in [1.54, 1.807) is 29.4 Å². The first-order valence-electron chi connectivity index (χ1n) is 7.04. The van der Waals surface area contributed by atoms with Crippen LogP contribution in [0.25, 0.3) is 0 Å². The number of nitrogens with zero attached hydrogens (tertiary/aromatic N) is 2. The molecular formula is C18H18N2O. The Morgan fingerprint density at radius 3 is 2.67 bits per heavy atom. The first-order valence-corrected chi connectivity index (χ1v) is 7.04. The molecule has 1 amide bonds. The van der Waals surface area contributed by atoms with Gasteiger partial charge in [0, 0.05) is 24.5 Å². The smallest absolute Gasteiger partial charge is 0.256 e. The predicted octanol–water partition coefficient (Wildman–Crippen LogP) is 2.99. The Kier molecular flexibility index (Phi) is 5.54. The normalized spacial score (nSPS) is 9.57. The molecule has 0 saturated heterocycles. The highest BCUT2D eigenvalue weighted by Crippen LogP contribution is 2.04. The van der Waals surface area contributed by atoms with Crippen LogP contribution in [0.3, 0.4) is 0 Å². The van der Waals surface area contributed by atoms with Gasteiger partial charge in [0.05, 0.1) is 12.1 Å². The molecule has 0 spiro atoms. The van der Waals surface area contributed by atoms with Crippen LogP contribution in [-0.2, 0) is 0 Å². The van der Waals surface area contributed by atoms with Gasteiger partial charge in [0.15, 0.2) is 0 Å². The van der Waals surface area contributed by atoms with Crippen LogP contribution < -0.4 is 0 Å². The Hall–Kier alpha value is -2.60. The summed E-state index contributed by atoms with van der Waals surface area (Å²) in [6.45, 7) is 3.17. The molecule has 2 aromatic rings. The van der Waals surface area contributed by atoms with E-state index in [4.69, 9.17) is 0 Å². The molecule has 0 atom stereocenters. The lowest BCUT2D eigenvalue weighted by molar-refractivity contribution is 0.0776. The molecule has 0 saturated carbocycles. The summed E-state index contributed by atoms with van der Waals surface area (Å²) in [7, 11) is 0. The first kappa shape index (κ1) is 14.8. The molecule has 0 fully saturated rings. The van der Waals surface area contributed by atoms with E-state index in [0.29, 0.717) is 18.7 Å². The second kappa shape index (κ2) is 7.86. The monoisotopic (exact) mass is 278 g/mol. The molecule has 1 heterocycles. The van der Waals surface area contributed by atoms with Gasteiger partial charge in [-0.05, 0) is 30.7 Å². The average molecular weight is 278 g/mol. The summed E-state index contributed by atoms with van der Waals surface area (Å²) in [4.78, 5) is 18.1. The molecule has 1 aromatic carbocycles. The van der Waals surface area contributed by atoms with E-state index >= 15 is 0 Å². The number of carbonyl (C=O) groups excluding carboxylic acids is 1. The van der Waals surface area contributed by atoms with E-state index < -0.39 is 0 Å². The maximum Gasteiger partial charge on any atom is 0.256 e. The van der Waals surface area contributed by atoms with E-state index in [0.717, 1.165) is 12.0 Å². The van der Waals surface area contributed by atoms with Crippen LogP contribution in [0.15, 0.2) is 54.9 Å². The summed E-state index contributed by atoms with van der Waals surface area (Å²) < 4.78 is 0. The van der Waals surface area contributed by atoms with Crippen LogP contribution in [0.5, 0.6) is 0 Å². The fourth-order valence-electron chi connectivity index (χ4n) is 1.95. The zero-order chi connectivity index (χ0) is 14.9. The van der Waals surface area contributed by atoms with Gasteiger partial charge >= 0.3 is 0 Å². The second-order valence-corrected chi connectivity index (χ2v) is 4.64. The number of amides is 1. The molecule has 106 valence electrons. The summed E-state index contributed by atoms with van der Waals surface area (Å²) in [6, 6.07) is 13.3. The van der Waals surface area contributed by atoms with Gasteiger partial charge in [0.2, 0.25) is 0 Å². The third-order valence-electron chi connectivity index (χ3n) is 2.97. The van der Waals surface area contributed by atoms with E-state index in [-0.39, 0.29) is 5.91 Å². The van der Waals surface area contributed by atoms with Gasteiger partial charge in [0.25, 0.3) is 5.91 Å². The zero-order valence-corrected chi connectivity index (χ0v) is 12.1. The minimum Gasteiger partial charge on any atom is -0.327 e. The number of benzene rings is 1. The van der Waals surface area contributed by atoms with Crippen molar-refractivity contribution in [1.29, 1.82) is 0 Å². The minimum absolute atomic E-state index is 0.0210. The lowest BCUT2D eigenvalue weighted by Gasteiger charge is -2.19. The van der Waals surface area contributed by atoms with Gasteiger partial charge in [-0.1, -0.05) is 37.0 Å². The lowest BCUT2D eigenvalue weighted by Crippen LogP contribution is -2.32. The topological polar surface area (TPSA) is 33.2 Å². The summed E-state index contributed by atoms with van der Waals surface area (Å²) in [6.07, 6.45) is 4.16. The quantitative estimate of drug-likeness (QED) is 0.806. The van der Waals surface area contributed by atoms with Crippen LogP contribution in [0.1, 0.15) is 29.3 Å². The Bertz CT molecular complexity index is 627. The maximum absolute atomic E-state index is 12.4. The molecule has 0 unspecified atom stereocenters. The number of hydrogen-bond acceptors (Lipinski definition) is 2. The van der Waals surface area contributed by atoms with Crippen LogP contribution >= 0.6 is 0 Å². The lowest BCUT2D eigenvalue weighted by atomic mass is 10.2. The molecule has 3 heteroatoms. The van der Waals surface area contributed by atoms with Crippen molar-refractivity contribution in [2.24, 2.45) is 0 Å². The maximum atomic E-state index is 12.4. The summed E-state index contributed by atoms with van der Waals surface area (Å²) in [5.41, 5.74) is 1.57. The SMILES string of the molecule is CCCN(CC#Cc1ccccc1)C(=O)c1cccnc1. The Labute approximate surface area is 125 Å². The highest BCUT2D eigenvalue weighted by Gasteiger charge is 2.13. The van der Waals surface area contributed by atoms with Gasteiger partial charge in [-0.2, -0.15) is 0 Å². The molecule has 2 rings (SSSR count). The van der Waals surface area contributed by atoms with Crippen molar-refractivity contribution < 1.29 is 4.79 Å². The van der Waals surface area contributed by atoms with E-state index in [1.807, 2.05) is 37.3 Å². The van der Waals surface area contributed by atoms with Crippen molar-refractivity contribution in [2.75, 3.05) is 13.1 Å². The number of hydrogen-bond donors (Lipinski definition) is 0. The molecule has 0 aliphatic heterocycles. The molecule has 21 heavy (non-hydrogen) atoms. The fourth-order valence-corrected chi connectivity index (χ4v) is 1.95. The molecule has 0 aliphatic carbocycles. The van der Waals surface area contributed by atoms with Gasteiger partial charge in [-0.15, -0.1) is 0 Å². The van der Waals surface area contributed by atoms with Crippen molar-refractivity contribution in [2.45, 2.75) is 13.3 Å². The highest BCUT2D eigenvalue weighted by atomic mass is 16.2. The Morgan fingerprint density at radius 1 is 1.19 bits per heavy atom. The van der Waals surface area contributed by atoms with Crippen molar-refractivity contribution in [3.8, 4) is 11.8 Å². The Morgan fingerprint density at radius 2 is 2.00 bits per heavy atom. The van der Waals surface area contributed by atoms with Gasteiger partial charge < -0.3 is 4.90 Å². The second-order valence-electron chi connectivity index (χ2n) is 4.64. The molecule has 0 aliphatic rings. The van der Waals surface area contributed by atoms with Crippen molar-refractivity contribution >= 4 is 5.91 Å². The third-order valence-corrected chi connectivity index (χ3v) is 2.97. The fraction of sp³-hybridized carbons (Fsp3) is 0.222. The number of rotatable bonds is 4. The molecule has 1 aromatic heterocycles. The first-order chi connectivity index (χ1) is 10.3. The summed E-state index contributed by atoms with van der Waals surface area (Å²) in [5.74, 6) is 6.13. The van der Waals surface area contributed by atoms with Crippen LogP contribution in [0, 0.1) is 11.8 Å². The molecule has 3 nitrogen and oxygen atoms in total. The van der Waals surface area contributed by atoms with Gasteiger partial charge in [-0.25, -0.2) is 0 Å². The number of carbonyl (C=O) groups is 1. The van der Waals surface area contributed by atoms with Gasteiger partial charge in [0.1, 0.15) is 0 Å². The van der Waals surface area contributed by atoms with Gasteiger partial charge in [-0.3, -0.25) is 9.78 Å². The molecule has 0 N–H and O–H groups in total. The summed E-state index contributed by atoms with van der Waals surface area (Å²) in [5, 5.41) is 0. The summed E-state index contributed by atoms with van der Waals surface area (Å²) >= 11 is 0. The number of aromatic nitrogens is 1. The van der Waals surface area contributed by atoms with Crippen LogP contribution in [0.2, 0.25) is 0 Å². The van der Waals surface area contributed by atoms with E-state index in [2.05, 4.69) is 16.8 Å². The number of pyridine rings is 1. The molecule has 0 radical (unpaired) electrons. The van der Waals surface area contributed by atoms with E-state index in [9.17, 15) is 4.79 Å². The van der Waals surface area contributed by atoms with Crippen LogP contribution in [0.4, 0.5) is 0 Å². The van der Waals surface area contributed by atoms with Crippen molar-refractivity contribution in [3.05, 3.63) is 66.0 Å². The molecule has 0 bridgehead atoms. The van der Waals surface area contributed by atoms with Crippen molar-refractivity contribution in [3.63, 3.8) is 0 Å². The minimum atomic E-state index is -0.0210. The highest BCUT2D eigenvalue weighted by molar-refractivity contribution is 5.94. The predicted molar refractivity (Wildman–Crippen MR) is 83.8 cm³/mol. The molecular weight excluding hydrogens is 260 g/mol. The standard InChI is InChI=1S/C18H18N2O/c1-2-13-20(18(21)17-11-6-12-19-15-17)14-7-10-16-8-4-3-5-9-16/h3-6,8-9,11-12,15H,2,13-14H2,1H3. The van der Waals surface area contributed by atoms with Crippen molar-refractivity contribution in [1.82, 2.24) is 9.88 Å². The largest absolute Gasteiger partial charge is 0.327 e. The zero-order valence-electron chi connectivity index (χ0n) is 12.1. The third kappa shape index (κ3) is 4.47. The Balaban J connectivity index is 2.06. The average Bonchev–Trinajstić information content (AvgIpc) is 2.55.